The van der Waals surface area contributed by atoms with E-state index in [-0.39, 0.29) is 18.1 Å². The summed E-state index contributed by atoms with van der Waals surface area (Å²) < 4.78 is 5.50. The van der Waals surface area contributed by atoms with Gasteiger partial charge >= 0.3 is 0 Å². The summed E-state index contributed by atoms with van der Waals surface area (Å²) in [6.07, 6.45) is 0. The number of rotatable bonds is 5. The van der Waals surface area contributed by atoms with Gasteiger partial charge in [-0.25, -0.2) is 0 Å². The molecule has 0 bridgehead atoms. The van der Waals surface area contributed by atoms with Crippen LogP contribution in [0.1, 0.15) is 26.3 Å². The lowest BCUT2D eigenvalue weighted by atomic mass is 10.1. The fourth-order valence-electron chi connectivity index (χ4n) is 1.48. The van der Waals surface area contributed by atoms with E-state index in [1.165, 1.54) is 0 Å². The monoisotopic (exact) mass is 318 g/mol. The van der Waals surface area contributed by atoms with Gasteiger partial charge in [0.1, 0.15) is 5.75 Å². The van der Waals surface area contributed by atoms with Crippen LogP contribution in [0.15, 0.2) is 12.1 Å². The smallest absolute Gasteiger partial charge is 0.257 e. The largest absolute Gasteiger partial charge is 0.482 e. The molecule has 1 rings (SSSR count). The Kier molecular flexibility index (Phi) is 6.11. The number of carbonyl (C=O) groups excluding carboxylic acids is 1. The Morgan fingerprint density at radius 3 is 2.50 bits per heavy atom. The number of likely N-dealkylation sites (N-methyl/N-ethyl adjacent to an activating group) is 1. The van der Waals surface area contributed by atoms with E-state index >= 15 is 0 Å². The molecule has 0 spiro atoms. The molecule has 6 heteroatoms. The molecule has 2 N–H and O–H groups in total. The van der Waals surface area contributed by atoms with Crippen molar-refractivity contribution < 1.29 is 9.53 Å². The molecule has 0 unspecified atom stereocenters. The van der Waals surface area contributed by atoms with Crippen molar-refractivity contribution in [2.45, 2.75) is 32.9 Å². The minimum absolute atomic E-state index is 0.0488. The Hall–Kier alpha value is -0.970. The molecule has 0 heterocycles. The van der Waals surface area contributed by atoms with E-state index in [2.05, 4.69) is 31.4 Å². The predicted molar refractivity (Wildman–Crippen MR) is 82.6 cm³/mol. The third kappa shape index (κ3) is 5.57. The summed E-state index contributed by atoms with van der Waals surface area (Å²) in [5, 5.41) is 6.76. The van der Waals surface area contributed by atoms with E-state index in [0.29, 0.717) is 22.3 Å². The van der Waals surface area contributed by atoms with Crippen molar-refractivity contribution in [1.29, 1.82) is 0 Å². The summed E-state index contributed by atoms with van der Waals surface area (Å²) in [5.41, 5.74) is 0.772. The van der Waals surface area contributed by atoms with Crippen molar-refractivity contribution in [3.05, 3.63) is 27.7 Å². The van der Waals surface area contributed by atoms with Gasteiger partial charge in [0.05, 0.1) is 5.02 Å². The van der Waals surface area contributed by atoms with Gasteiger partial charge in [-0.3, -0.25) is 4.79 Å². The molecule has 1 aromatic carbocycles. The highest BCUT2D eigenvalue weighted by molar-refractivity contribution is 6.35. The average Bonchev–Trinajstić information content (AvgIpc) is 2.33. The van der Waals surface area contributed by atoms with Crippen molar-refractivity contribution in [3.8, 4) is 5.75 Å². The van der Waals surface area contributed by atoms with Crippen LogP contribution >= 0.6 is 23.2 Å². The minimum atomic E-state index is -0.217. The van der Waals surface area contributed by atoms with Gasteiger partial charge in [-0.15, -0.1) is 0 Å². The summed E-state index contributed by atoms with van der Waals surface area (Å²) in [5.74, 6) is 0.266. The standard InChI is InChI=1S/C14H20Cl2N2O2/c1-14(2,3)18-7-9-5-10(15)6-11(16)13(9)20-8-12(19)17-4/h5-6,18H,7-8H2,1-4H3,(H,17,19). The number of hydrogen-bond donors (Lipinski definition) is 2. The van der Waals surface area contributed by atoms with Crippen molar-refractivity contribution in [2.24, 2.45) is 0 Å². The Morgan fingerprint density at radius 1 is 1.30 bits per heavy atom. The molecule has 112 valence electrons. The fourth-order valence-corrected chi connectivity index (χ4v) is 2.07. The van der Waals surface area contributed by atoms with Crippen LogP contribution in [0.5, 0.6) is 5.75 Å². The number of nitrogens with one attached hydrogen (secondary N) is 2. The minimum Gasteiger partial charge on any atom is -0.482 e. The number of halogens is 2. The number of hydrogen-bond acceptors (Lipinski definition) is 3. The van der Waals surface area contributed by atoms with Crippen molar-refractivity contribution in [1.82, 2.24) is 10.6 Å². The van der Waals surface area contributed by atoms with E-state index < -0.39 is 0 Å². The molecular formula is C14H20Cl2N2O2. The maximum absolute atomic E-state index is 11.3. The predicted octanol–water partition coefficient (Wildman–Crippen LogP) is 3.01. The molecule has 0 aromatic heterocycles. The molecule has 0 aliphatic heterocycles. The Labute approximate surface area is 129 Å². The fraction of sp³-hybridized carbons (Fsp3) is 0.500. The summed E-state index contributed by atoms with van der Waals surface area (Å²) in [7, 11) is 1.55. The van der Waals surface area contributed by atoms with E-state index in [1.54, 1.807) is 19.2 Å². The molecule has 0 atom stereocenters. The van der Waals surface area contributed by atoms with Gasteiger partial charge in [0.25, 0.3) is 5.91 Å². The Bertz CT molecular complexity index is 485. The normalized spacial score (nSPS) is 11.3. The highest BCUT2D eigenvalue weighted by atomic mass is 35.5. The molecule has 4 nitrogen and oxygen atoms in total. The highest BCUT2D eigenvalue weighted by Crippen LogP contribution is 2.32. The van der Waals surface area contributed by atoms with E-state index in [9.17, 15) is 4.79 Å². The highest BCUT2D eigenvalue weighted by Gasteiger charge is 2.15. The topological polar surface area (TPSA) is 50.4 Å². The zero-order chi connectivity index (χ0) is 15.3. The van der Waals surface area contributed by atoms with Crippen LogP contribution in [-0.2, 0) is 11.3 Å². The van der Waals surface area contributed by atoms with Crippen molar-refractivity contribution >= 4 is 29.1 Å². The SMILES string of the molecule is CNC(=O)COc1c(Cl)cc(Cl)cc1CNC(C)(C)C. The van der Waals surface area contributed by atoms with Crippen LogP contribution in [-0.4, -0.2) is 25.1 Å². The molecule has 20 heavy (non-hydrogen) atoms. The summed E-state index contributed by atoms with van der Waals surface area (Å²) in [4.78, 5) is 11.3. The molecule has 0 saturated heterocycles. The molecule has 0 radical (unpaired) electrons. The van der Waals surface area contributed by atoms with Gasteiger partial charge in [0, 0.05) is 29.7 Å². The van der Waals surface area contributed by atoms with Crippen LogP contribution < -0.4 is 15.4 Å². The first-order chi connectivity index (χ1) is 9.23. The lowest BCUT2D eigenvalue weighted by Crippen LogP contribution is -2.35. The van der Waals surface area contributed by atoms with Gasteiger partial charge in [-0.05, 0) is 32.9 Å². The molecule has 0 aliphatic rings. The summed E-state index contributed by atoms with van der Waals surface area (Å²) in [6, 6.07) is 3.38. The first kappa shape index (κ1) is 17.1. The molecular weight excluding hydrogens is 299 g/mol. The average molecular weight is 319 g/mol. The van der Waals surface area contributed by atoms with Gasteiger partial charge in [0.15, 0.2) is 6.61 Å². The lowest BCUT2D eigenvalue weighted by molar-refractivity contribution is -0.122. The molecule has 0 aliphatic carbocycles. The zero-order valence-electron chi connectivity index (χ0n) is 12.1. The van der Waals surface area contributed by atoms with Gasteiger partial charge in [-0.2, -0.15) is 0 Å². The second kappa shape index (κ2) is 7.16. The second-order valence-electron chi connectivity index (χ2n) is 5.44. The van der Waals surface area contributed by atoms with Gasteiger partial charge in [-0.1, -0.05) is 23.2 Å². The molecule has 0 fully saturated rings. The third-order valence-electron chi connectivity index (χ3n) is 2.52. The molecule has 1 aromatic rings. The Morgan fingerprint density at radius 2 is 1.95 bits per heavy atom. The van der Waals surface area contributed by atoms with E-state index in [4.69, 9.17) is 27.9 Å². The second-order valence-corrected chi connectivity index (χ2v) is 6.28. The van der Waals surface area contributed by atoms with E-state index in [1.807, 2.05) is 0 Å². The van der Waals surface area contributed by atoms with Crippen LogP contribution in [0.25, 0.3) is 0 Å². The molecule has 1 amide bonds. The number of amides is 1. The van der Waals surface area contributed by atoms with Crippen molar-refractivity contribution in [3.63, 3.8) is 0 Å². The summed E-state index contributed by atoms with van der Waals surface area (Å²) >= 11 is 12.2. The quantitative estimate of drug-likeness (QED) is 0.877. The number of ether oxygens (including phenoxy) is 1. The number of benzene rings is 1. The third-order valence-corrected chi connectivity index (χ3v) is 3.02. The summed E-state index contributed by atoms with van der Waals surface area (Å²) in [6.45, 7) is 6.64. The lowest BCUT2D eigenvalue weighted by Gasteiger charge is -2.22. The number of carbonyl (C=O) groups is 1. The first-order valence-electron chi connectivity index (χ1n) is 6.29. The van der Waals surface area contributed by atoms with Crippen LogP contribution in [0.4, 0.5) is 0 Å². The molecule has 0 saturated carbocycles. The zero-order valence-corrected chi connectivity index (χ0v) is 13.7. The maximum atomic E-state index is 11.3. The maximum Gasteiger partial charge on any atom is 0.257 e. The van der Waals surface area contributed by atoms with Gasteiger partial charge in [0.2, 0.25) is 0 Å². The van der Waals surface area contributed by atoms with Crippen LogP contribution in [0, 0.1) is 0 Å². The van der Waals surface area contributed by atoms with Crippen LogP contribution in [0.3, 0.4) is 0 Å². The van der Waals surface area contributed by atoms with Crippen LogP contribution in [0.2, 0.25) is 10.0 Å². The van der Waals surface area contributed by atoms with Crippen molar-refractivity contribution in [2.75, 3.05) is 13.7 Å². The Balaban J connectivity index is 2.92. The van der Waals surface area contributed by atoms with E-state index in [0.717, 1.165) is 5.56 Å². The van der Waals surface area contributed by atoms with Gasteiger partial charge < -0.3 is 15.4 Å². The first-order valence-corrected chi connectivity index (χ1v) is 7.05.